The summed E-state index contributed by atoms with van der Waals surface area (Å²) in [4.78, 5) is 0. The number of hydrogen-bond donors (Lipinski definition) is 0. The fourth-order valence-electron chi connectivity index (χ4n) is 1.41. The molecule has 0 bridgehead atoms. The molecule has 0 N–H and O–H groups in total. The van der Waals surface area contributed by atoms with Gasteiger partial charge in [-0.25, -0.2) is 8.78 Å². The van der Waals surface area contributed by atoms with Crippen molar-refractivity contribution in [2.75, 3.05) is 12.9 Å². The van der Waals surface area contributed by atoms with Crippen LogP contribution in [0.25, 0.3) is 0 Å². The summed E-state index contributed by atoms with van der Waals surface area (Å²) in [6.45, 7) is -0.397. The van der Waals surface area contributed by atoms with Crippen LogP contribution in [0.2, 0.25) is 0 Å². The van der Waals surface area contributed by atoms with E-state index in [4.69, 9.17) is 0 Å². The molecule has 1 aliphatic carbocycles. The first-order chi connectivity index (χ1) is 5.81. The largest absolute Gasteiger partial charge is 0.270 e. The quantitative estimate of drug-likeness (QED) is 0.667. The number of rotatable bonds is 3. The van der Waals surface area contributed by atoms with Crippen molar-refractivity contribution in [3.05, 3.63) is 0 Å². The minimum Gasteiger partial charge on any atom is -0.270 e. The Balaban J connectivity index is 2.46. The van der Waals surface area contributed by atoms with Crippen LogP contribution in [0, 0.1) is 5.92 Å². The highest BCUT2D eigenvalue weighted by Gasteiger charge is 2.44. The summed E-state index contributed by atoms with van der Waals surface area (Å²) in [5, 5.41) is 0. The van der Waals surface area contributed by atoms with Crippen LogP contribution in [0.1, 0.15) is 19.3 Å². The molecule has 78 valence electrons. The zero-order valence-corrected chi connectivity index (χ0v) is 8.11. The highest BCUT2D eigenvalue weighted by atomic mass is 32.2. The van der Waals surface area contributed by atoms with Crippen molar-refractivity contribution >= 4 is 10.1 Å². The van der Waals surface area contributed by atoms with Crippen LogP contribution < -0.4 is 0 Å². The van der Waals surface area contributed by atoms with Crippen LogP contribution in [-0.2, 0) is 14.3 Å². The highest BCUT2D eigenvalue weighted by molar-refractivity contribution is 7.85. The van der Waals surface area contributed by atoms with Gasteiger partial charge in [-0.2, -0.15) is 8.42 Å². The van der Waals surface area contributed by atoms with E-state index in [2.05, 4.69) is 4.18 Å². The van der Waals surface area contributed by atoms with Crippen molar-refractivity contribution in [2.24, 2.45) is 5.92 Å². The molecule has 6 heteroatoms. The first-order valence-electron chi connectivity index (χ1n) is 4.03. The van der Waals surface area contributed by atoms with Gasteiger partial charge in [0.2, 0.25) is 0 Å². The van der Waals surface area contributed by atoms with Crippen LogP contribution in [0.5, 0.6) is 0 Å². The molecule has 1 rings (SSSR count). The zero-order valence-electron chi connectivity index (χ0n) is 7.29. The molecule has 0 saturated heterocycles. The van der Waals surface area contributed by atoms with Crippen LogP contribution in [0.15, 0.2) is 0 Å². The number of halogens is 2. The van der Waals surface area contributed by atoms with Crippen molar-refractivity contribution < 1.29 is 21.4 Å². The summed E-state index contributed by atoms with van der Waals surface area (Å²) in [6, 6.07) is 0. The average Bonchev–Trinajstić information content (AvgIpc) is 2.23. The third-order valence-corrected chi connectivity index (χ3v) is 2.71. The molecule has 0 aromatic rings. The lowest BCUT2D eigenvalue weighted by molar-refractivity contribution is -0.0496. The topological polar surface area (TPSA) is 43.4 Å². The third kappa shape index (κ3) is 3.19. The second-order valence-corrected chi connectivity index (χ2v) is 4.98. The summed E-state index contributed by atoms with van der Waals surface area (Å²) in [5.74, 6) is -3.70. The van der Waals surface area contributed by atoms with Crippen LogP contribution >= 0.6 is 0 Å². The SMILES string of the molecule is CS(=O)(=O)OCC1CCCC1(F)F. The van der Waals surface area contributed by atoms with Gasteiger partial charge in [-0.3, -0.25) is 4.18 Å². The Morgan fingerprint density at radius 1 is 1.54 bits per heavy atom. The standard InChI is InChI=1S/C7H12F2O3S/c1-13(10,11)12-5-6-3-2-4-7(6,8)9/h6H,2-5H2,1H3. The lowest BCUT2D eigenvalue weighted by Gasteiger charge is -2.17. The third-order valence-electron chi connectivity index (χ3n) is 2.14. The molecule has 0 radical (unpaired) electrons. The van der Waals surface area contributed by atoms with Crippen molar-refractivity contribution in [3.8, 4) is 0 Å². The molecule has 0 aromatic carbocycles. The van der Waals surface area contributed by atoms with Gasteiger partial charge in [0.05, 0.1) is 12.9 Å². The molecule has 0 amide bonds. The van der Waals surface area contributed by atoms with Gasteiger partial charge in [-0.1, -0.05) is 0 Å². The summed E-state index contributed by atoms with van der Waals surface area (Å²) < 4.78 is 51.2. The van der Waals surface area contributed by atoms with E-state index < -0.39 is 28.6 Å². The molecular weight excluding hydrogens is 202 g/mol. The monoisotopic (exact) mass is 214 g/mol. The molecule has 1 fully saturated rings. The van der Waals surface area contributed by atoms with Gasteiger partial charge in [0, 0.05) is 12.3 Å². The smallest absolute Gasteiger partial charge is 0.264 e. The normalized spacial score (nSPS) is 27.8. The van der Waals surface area contributed by atoms with Gasteiger partial charge in [0.1, 0.15) is 0 Å². The minimum absolute atomic E-state index is 0.162. The van der Waals surface area contributed by atoms with Gasteiger partial charge >= 0.3 is 0 Å². The zero-order chi connectivity index (χ0) is 10.1. The summed E-state index contributed by atoms with van der Waals surface area (Å²) in [7, 11) is -3.60. The Labute approximate surface area is 76.2 Å². The van der Waals surface area contributed by atoms with E-state index in [1.807, 2.05) is 0 Å². The van der Waals surface area contributed by atoms with Gasteiger partial charge in [-0.05, 0) is 12.8 Å². The molecule has 0 aromatic heterocycles. The van der Waals surface area contributed by atoms with E-state index >= 15 is 0 Å². The Hall–Kier alpha value is -0.230. The van der Waals surface area contributed by atoms with Crippen LogP contribution in [-0.4, -0.2) is 27.2 Å². The van der Waals surface area contributed by atoms with Crippen molar-refractivity contribution in [3.63, 3.8) is 0 Å². The molecule has 0 heterocycles. The second-order valence-electron chi connectivity index (χ2n) is 3.34. The van der Waals surface area contributed by atoms with E-state index in [0.29, 0.717) is 12.8 Å². The van der Waals surface area contributed by atoms with Crippen LogP contribution in [0.3, 0.4) is 0 Å². The van der Waals surface area contributed by atoms with Crippen LogP contribution in [0.4, 0.5) is 8.78 Å². The number of alkyl halides is 2. The lowest BCUT2D eigenvalue weighted by Crippen LogP contribution is -2.26. The van der Waals surface area contributed by atoms with E-state index in [0.717, 1.165) is 6.26 Å². The maximum absolute atomic E-state index is 12.9. The number of hydrogen-bond acceptors (Lipinski definition) is 3. The maximum Gasteiger partial charge on any atom is 0.264 e. The lowest BCUT2D eigenvalue weighted by atomic mass is 10.1. The molecule has 1 saturated carbocycles. The van der Waals surface area contributed by atoms with E-state index in [-0.39, 0.29) is 6.42 Å². The molecular formula is C7H12F2O3S. The van der Waals surface area contributed by atoms with E-state index in [1.165, 1.54) is 0 Å². The fraction of sp³-hybridized carbons (Fsp3) is 1.00. The van der Waals surface area contributed by atoms with Gasteiger partial charge in [0.15, 0.2) is 0 Å². The molecule has 3 nitrogen and oxygen atoms in total. The molecule has 0 aliphatic heterocycles. The van der Waals surface area contributed by atoms with Gasteiger partial charge < -0.3 is 0 Å². The summed E-state index contributed by atoms with van der Waals surface area (Å²) >= 11 is 0. The minimum atomic E-state index is -3.60. The summed E-state index contributed by atoms with van der Waals surface area (Å²) in [6.07, 6.45) is 1.47. The van der Waals surface area contributed by atoms with Crippen molar-refractivity contribution in [1.29, 1.82) is 0 Å². The predicted octanol–water partition coefficient (Wildman–Crippen LogP) is 1.40. The first kappa shape index (κ1) is 10.8. The molecule has 0 spiro atoms. The summed E-state index contributed by atoms with van der Waals surface area (Å²) in [5.41, 5.74) is 0. The van der Waals surface area contributed by atoms with Gasteiger partial charge in [0.25, 0.3) is 16.0 Å². The second kappa shape index (κ2) is 3.49. The van der Waals surface area contributed by atoms with Crippen molar-refractivity contribution in [1.82, 2.24) is 0 Å². The van der Waals surface area contributed by atoms with E-state index in [9.17, 15) is 17.2 Å². The fourth-order valence-corrected chi connectivity index (χ4v) is 1.82. The maximum atomic E-state index is 12.9. The van der Waals surface area contributed by atoms with Crippen molar-refractivity contribution in [2.45, 2.75) is 25.2 Å². The molecule has 13 heavy (non-hydrogen) atoms. The predicted molar refractivity (Wildman–Crippen MR) is 43.1 cm³/mol. The molecule has 1 unspecified atom stereocenters. The molecule has 1 atom stereocenters. The molecule has 1 aliphatic rings. The van der Waals surface area contributed by atoms with E-state index in [1.54, 1.807) is 0 Å². The van der Waals surface area contributed by atoms with Gasteiger partial charge in [-0.15, -0.1) is 0 Å². The first-order valence-corrected chi connectivity index (χ1v) is 5.85. The Morgan fingerprint density at radius 3 is 2.54 bits per heavy atom. The Bertz CT molecular complexity index is 273. The average molecular weight is 214 g/mol. The Kier molecular flexibility index (Phi) is 2.91. The highest BCUT2D eigenvalue weighted by Crippen LogP contribution is 2.40. The Morgan fingerprint density at radius 2 is 2.15 bits per heavy atom.